The number of nitrogens with one attached hydrogen (secondary N) is 1. The van der Waals surface area contributed by atoms with Crippen LogP contribution in [0, 0.1) is 6.92 Å². The van der Waals surface area contributed by atoms with Crippen molar-refractivity contribution >= 4 is 22.9 Å². The quantitative estimate of drug-likeness (QED) is 0.771. The van der Waals surface area contributed by atoms with E-state index in [-0.39, 0.29) is 17.7 Å². The van der Waals surface area contributed by atoms with Gasteiger partial charge in [-0.05, 0) is 31.5 Å². The van der Waals surface area contributed by atoms with Crippen molar-refractivity contribution in [2.45, 2.75) is 19.3 Å². The summed E-state index contributed by atoms with van der Waals surface area (Å²) < 4.78 is 5.41. The van der Waals surface area contributed by atoms with E-state index in [4.69, 9.17) is 4.52 Å². The van der Waals surface area contributed by atoms with Gasteiger partial charge in [0, 0.05) is 37.3 Å². The normalized spacial score (nSPS) is 16.7. The van der Waals surface area contributed by atoms with Gasteiger partial charge < -0.3 is 14.7 Å². The molecule has 7 heteroatoms. The summed E-state index contributed by atoms with van der Waals surface area (Å²) in [7, 11) is 1.59. The third-order valence-corrected chi connectivity index (χ3v) is 4.96. The molecule has 1 aromatic carbocycles. The number of hydrogen-bond donors (Lipinski definition) is 1. The third-order valence-electron chi connectivity index (χ3n) is 4.96. The molecule has 1 aliphatic heterocycles. The van der Waals surface area contributed by atoms with E-state index in [9.17, 15) is 9.59 Å². The van der Waals surface area contributed by atoms with Crippen molar-refractivity contribution in [1.82, 2.24) is 20.4 Å². The van der Waals surface area contributed by atoms with E-state index in [0.717, 1.165) is 6.42 Å². The molecule has 0 aliphatic carbocycles. The molecule has 1 saturated heterocycles. The van der Waals surface area contributed by atoms with Crippen LogP contribution in [0.25, 0.3) is 11.1 Å². The summed E-state index contributed by atoms with van der Waals surface area (Å²) in [5, 5.41) is 7.50. The highest BCUT2D eigenvalue weighted by Gasteiger charge is 2.32. The number of likely N-dealkylation sites (tertiary alicyclic amines) is 1. The zero-order chi connectivity index (χ0) is 19.0. The minimum absolute atomic E-state index is 0.00592. The number of carbonyl (C=O) groups excluding carboxylic acids is 2. The zero-order valence-corrected chi connectivity index (χ0v) is 15.2. The molecule has 3 heterocycles. The molecule has 7 nitrogen and oxygen atoms in total. The lowest BCUT2D eigenvalue weighted by Gasteiger charge is -2.16. The third kappa shape index (κ3) is 3.05. The number of amides is 2. The van der Waals surface area contributed by atoms with Gasteiger partial charge in [0.05, 0.1) is 16.6 Å². The van der Waals surface area contributed by atoms with Gasteiger partial charge in [-0.25, -0.2) is 4.98 Å². The molecule has 0 bridgehead atoms. The highest BCUT2D eigenvalue weighted by Crippen LogP contribution is 2.34. The number of fused-ring (bicyclic) bond motifs is 1. The summed E-state index contributed by atoms with van der Waals surface area (Å²) in [6.45, 7) is 2.99. The largest absolute Gasteiger partial charge is 0.355 e. The van der Waals surface area contributed by atoms with Crippen molar-refractivity contribution in [3.8, 4) is 0 Å². The Labute approximate surface area is 156 Å². The molecule has 138 valence electrons. The van der Waals surface area contributed by atoms with Crippen LogP contribution in [-0.4, -0.2) is 47.0 Å². The first-order valence-electron chi connectivity index (χ1n) is 8.92. The molecular weight excluding hydrogens is 344 g/mol. The van der Waals surface area contributed by atoms with Crippen LogP contribution in [-0.2, 0) is 0 Å². The zero-order valence-electron chi connectivity index (χ0n) is 15.2. The summed E-state index contributed by atoms with van der Waals surface area (Å²) >= 11 is 0. The number of rotatable bonds is 3. The van der Waals surface area contributed by atoms with Crippen LogP contribution in [0.3, 0.4) is 0 Å². The molecular formula is C20H20N4O3. The Kier molecular flexibility index (Phi) is 4.35. The Bertz CT molecular complexity index is 1010. The maximum atomic E-state index is 12.7. The summed E-state index contributed by atoms with van der Waals surface area (Å²) in [4.78, 5) is 31.2. The first-order valence-corrected chi connectivity index (χ1v) is 8.92. The molecule has 1 unspecified atom stereocenters. The smallest absolute Gasteiger partial charge is 0.259 e. The number of hydrogen-bond acceptors (Lipinski definition) is 5. The van der Waals surface area contributed by atoms with Crippen molar-refractivity contribution in [1.29, 1.82) is 0 Å². The van der Waals surface area contributed by atoms with E-state index in [1.807, 2.05) is 42.2 Å². The summed E-state index contributed by atoms with van der Waals surface area (Å²) in [5.74, 6) is -0.191. The fourth-order valence-electron chi connectivity index (χ4n) is 3.62. The molecule has 27 heavy (non-hydrogen) atoms. The molecule has 2 amide bonds. The fraction of sp³-hybridized carbons (Fsp3) is 0.300. The first kappa shape index (κ1) is 17.2. The molecule has 1 atom stereocenters. The molecule has 0 radical (unpaired) electrons. The van der Waals surface area contributed by atoms with Gasteiger partial charge in [0.25, 0.3) is 17.5 Å². The topological polar surface area (TPSA) is 88.3 Å². The molecule has 1 fully saturated rings. The molecule has 4 rings (SSSR count). The lowest BCUT2D eigenvalue weighted by molar-refractivity contribution is 0.0790. The predicted molar refractivity (Wildman–Crippen MR) is 99.6 cm³/mol. The summed E-state index contributed by atoms with van der Waals surface area (Å²) in [5.41, 5.74) is 2.92. The maximum Gasteiger partial charge on any atom is 0.259 e. The molecule has 3 aromatic rings. The van der Waals surface area contributed by atoms with Crippen molar-refractivity contribution < 1.29 is 14.1 Å². The molecule has 0 spiro atoms. The van der Waals surface area contributed by atoms with Crippen LogP contribution < -0.4 is 5.32 Å². The minimum Gasteiger partial charge on any atom is -0.355 e. The van der Waals surface area contributed by atoms with Gasteiger partial charge in [-0.2, -0.15) is 0 Å². The number of pyridine rings is 1. The van der Waals surface area contributed by atoms with Crippen molar-refractivity contribution in [2.75, 3.05) is 20.1 Å². The Morgan fingerprint density at radius 3 is 2.78 bits per heavy atom. The Balaban J connectivity index is 1.66. The van der Waals surface area contributed by atoms with Gasteiger partial charge in [0.15, 0.2) is 0 Å². The molecule has 1 aliphatic rings. The van der Waals surface area contributed by atoms with E-state index in [2.05, 4.69) is 15.5 Å². The number of benzene rings is 1. The number of nitrogens with zero attached hydrogens (tertiary/aromatic N) is 3. The van der Waals surface area contributed by atoms with Crippen LogP contribution in [0.15, 0.2) is 40.9 Å². The highest BCUT2D eigenvalue weighted by atomic mass is 16.5. The number of aromatic nitrogens is 2. The van der Waals surface area contributed by atoms with E-state index < -0.39 is 0 Å². The van der Waals surface area contributed by atoms with Gasteiger partial charge in [-0.3, -0.25) is 9.59 Å². The fourth-order valence-corrected chi connectivity index (χ4v) is 3.62. The van der Waals surface area contributed by atoms with Gasteiger partial charge >= 0.3 is 0 Å². The van der Waals surface area contributed by atoms with E-state index in [1.165, 1.54) is 0 Å². The maximum absolute atomic E-state index is 12.7. The van der Waals surface area contributed by atoms with Gasteiger partial charge in [0.1, 0.15) is 0 Å². The summed E-state index contributed by atoms with van der Waals surface area (Å²) in [6.07, 6.45) is 0.765. The Morgan fingerprint density at radius 2 is 2.04 bits per heavy atom. The Morgan fingerprint density at radius 1 is 1.26 bits per heavy atom. The van der Waals surface area contributed by atoms with Crippen LogP contribution in [0.4, 0.5) is 0 Å². The highest BCUT2D eigenvalue weighted by molar-refractivity contribution is 6.06. The van der Waals surface area contributed by atoms with Gasteiger partial charge in [-0.1, -0.05) is 23.4 Å². The lowest BCUT2D eigenvalue weighted by atomic mass is 9.99. The van der Waals surface area contributed by atoms with E-state index in [0.29, 0.717) is 46.7 Å². The molecule has 2 aromatic heterocycles. The lowest BCUT2D eigenvalue weighted by Crippen LogP contribution is -2.28. The van der Waals surface area contributed by atoms with Crippen LogP contribution in [0.5, 0.6) is 0 Å². The van der Waals surface area contributed by atoms with Crippen molar-refractivity contribution in [3.05, 3.63) is 58.9 Å². The van der Waals surface area contributed by atoms with Crippen LogP contribution in [0.1, 0.15) is 44.4 Å². The minimum atomic E-state index is -0.204. The second-order valence-corrected chi connectivity index (χ2v) is 6.74. The van der Waals surface area contributed by atoms with Crippen molar-refractivity contribution in [2.24, 2.45) is 0 Å². The second-order valence-electron chi connectivity index (χ2n) is 6.74. The average molecular weight is 364 g/mol. The number of carbonyl (C=O) groups is 2. The standard InChI is InChI=1S/C20H20N4O3/c1-12-10-15(18(25)21-2)16-17(23-27-19(16)22-12)14-8-9-24(11-14)20(26)13-6-4-3-5-7-13/h3-7,10,14H,8-9,11H2,1-2H3,(H,21,25). The predicted octanol–water partition coefficient (Wildman–Crippen LogP) is 2.52. The van der Waals surface area contributed by atoms with Gasteiger partial charge in [-0.15, -0.1) is 0 Å². The number of aryl methyl sites for hydroxylation is 1. The monoisotopic (exact) mass is 364 g/mol. The van der Waals surface area contributed by atoms with Crippen LogP contribution in [0.2, 0.25) is 0 Å². The SMILES string of the molecule is CNC(=O)c1cc(C)nc2onc(C3CCN(C(=O)c4ccccc4)C3)c12. The summed E-state index contributed by atoms with van der Waals surface area (Å²) in [6, 6.07) is 11.0. The van der Waals surface area contributed by atoms with Gasteiger partial charge in [0.2, 0.25) is 0 Å². The Hall–Kier alpha value is -3.22. The second kappa shape index (κ2) is 6.83. The van der Waals surface area contributed by atoms with E-state index in [1.54, 1.807) is 13.1 Å². The van der Waals surface area contributed by atoms with Crippen LogP contribution >= 0.6 is 0 Å². The molecule has 1 N–H and O–H groups in total. The molecule has 0 saturated carbocycles. The van der Waals surface area contributed by atoms with Crippen molar-refractivity contribution in [3.63, 3.8) is 0 Å². The average Bonchev–Trinajstić information content (AvgIpc) is 3.33. The first-order chi connectivity index (χ1) is 13.1. The van der Waals surface area contributed by atoms with E-state index >= 15 is 0 Å².